The van der Waals surface area contributed by atoms with Crippen LogP contribution in [0.2, 0.25) is 0 Å². The molecule has 0 radical (unpaired) electrons. The van der Waals surface area contributed by atoms with Crippen LogP contribution in [-0.2, 0) is 0 Å². The Balaban J connectivity index is 0.00000128. The molecule has 2 heteroatoms. The van der Waals surface area contributed by atoms with Crippen LogP contribution in [0.1, 0.15) is 46.9 Å². The second kappa shape index (κ2) is 4.84. The minimum Gasteiger partial charge on any atom is -0.314 e. The van der Waals surface area contributed by atoms with E-state index in [9.17, 15) is 0 Å². The zero-order chi connectivity index (χ0) is 10.7. The van der Waals surface area contributed by atoms with Crippen molar-refractivity contribution in [3.8, 4) is 0 Å². The van der Waals surface area contributed by atoms with Crippen LogP contribution < -0.4 is 5.32 Å². The second-order valence-corrected chi connectivity index (χ2v) is 5.72. The van der Waals surface area contributed by atoms with Gasteiger partial charge in [0.25, 0.3) is 0 Å². The summed E-state index contributed by atoms with van der Waals surface area (Å²) in [7, 11) is 2.27. The first-order chi connectivity index (χ1) is 7.24. The highest BCUT2D eigenvalue weighted by Gasteiger charge is 2.39. The van der Waals surface area contributed by atoms with E-state index in [-0.39, 0.29) is 1.43 Å². The normalized spacial score (nSPS) is 37.6. The van der Waals surface area contributed by atoms with Crippen LogP contribution in [-0.4, -0.2) is 37.6 Å². The summed E-state index contributed by atoms with van der Waals surface area (Å²) in [6.45, 7) is 6.14. The van der Waals surface area contributed by atoms with E-state index in [2.05, 4.69) is 24.2 Å². The number of likely N-dealkylation sites (tertiary alicyclic amines) is 1. The van der Waals surface area contributed by atoms with Crippen molar-refractivity contribution in [2.24, 2.45) is 5.41 Å². The van der Waals surface area contributed by atoms with Gasteiger partial charge in [0, 0.05) is 14.0 Å². The summed E-state index contributed by atoms with van der Waals surface area (Å²) in [6.07, 6.45) is 8.45. The smallest absolute Gasteiger partial charge is 0.00674 e. The number of rotatable bonds is 3. The lowest BCUT2D eigenvalue weighted by Crippen LogP contribution is -2.39. The van der Waals surface area contributed by atoms with Crippen LogP contribution >= 0.6 is 0 Å². The van der Waals surface area contributed by atoms with E-state index in [1.165, 1.54) is 58.2 Å². The first-order valence-corrected chi connectivity index (χ1v) is 6.66. The Bertz CT molecular complexity index is 200. The Morgan fingerprint density at radius 3 is 2.60 bits per heavy atom. The fraction of sp³-hybridized carbons (Fsp3) is 1.00. The molecule has 0 atom stereocenters. The highest BCUT2D eigenvalue weighted by molar-refractivity contribution is 4.93. The summed E-state index contributed by atoms with van der Waals surface area (Å²) in [5, 5.41) is 3.68. The molecule has 1 aliphatic heterocycles. The zero-order valence-electron chi connectivity index (χ0n) is 10.4. The molecule has 1 spiro atoms. The Labute approximate surface area is 95.9 Å². The monoisotopic (exact) mass is 212 g/mol. The van der Waals surface area contributed by atoms with Crippen LogP contribution in [0.5, 0.6) is 0 Å². The minimum atomic E-state index is 0. The third-order valence-electron chi connectivity index (χ3n) is 4.36. The molecular weight excluding hydrogens is 184 g/mol. The lowest BCUT2D eigenvalue weighted by atomic mass is 9.72. The Morgan fingerprint density at radius 2 is 2.07 bits per heavy atom. The third-order valence-corrected chi connectivity index (χ3v) is 4.36. The maximum atomic E-state index is 3.68. The van der Waals surface area contributed by atoms with Gasteiger partial charge in [-0.25, -0.2) is 0 Å². The van der Waals surface area contributed by atoms with E-state index in [1.54, 1.807) is 0 Å². The van der Waals surface area contributed by atoms with Crippen molar-refractivity contribution in [1.82, 2.24) is 10.2 Å². The lowest BCUT2D eigenvalue weighted by molar-refractivity contribution is 0.169. The summed E-state index contributed by atoms with van der Waals surface area (Å²) in [6, 6.07) is 0.821. The molecule has 0 amide bonds. The molecular formula is C13H28N2. The summed E-state index contributed by atoms with van der Waals surface area (Å²) < 4.78 is 0. The van der Waals surface area contributed by atoms with Gasteiger partial charge in [-0.05, 0) is 64.1 Å². The molecule has 2 fully saturated rings. The van der Waals surface area contributed by atoms with E-state index in [1.807, 2.05) is 0 Å². The fourth-order valence-corrected chi connectivity index (χ4v) is 3.35. The number of nitrogens with one attached hydrogen (secondary N) is 1. The second-order valence-electron chi connectivity index (χ2n) is 5.72. The molecule has 0 unspecified atom stereocenters. The molecule has 1 saturated heterocycles. The maximum Gasteiger partial charge on any atom is 0.00674 e. The quantitative estimate of drug-likeness (QED) is 0.773. The van der Waals surface area contributed by atoms with Gasteiger partial charge in [-0.1, -0.05) is 6.92 Å². The largest absolute Gasteiger partial charge is 0.314 e. The van der Waals surface area contributed by atoms with E-state index in [0.29, 0.717) is 5.41 Å². The molecule has 1 N–H and O–H groups in total. The average molecular weight is 212 g/mol. The SMILES string of the molecule is CCCNC1CCC2(CC1)CCN(C)C2.[HH]. The van der Waals surface area contributed by atoms with Crippen molar-refractivity contribution < 1.29 is 1.43 Å². The van der Waals surface area contributed by atoms with Crippen molar-refractivity contribution in [3.05, 3.63) is 0 Å². The number of hydrogen-bond acceptors (Lipinski definition) is 2. The van der Waals surface area contributed by atoms with E-state index in [0.717, 1.165) is 6.04 Å². The molecule has 15 heavy (non-hydrogen) atoms. The average Bonchev–Trinajstić information content (AvgIpc) is 2.60. The van der Waals surface area contributed by atoms with Gasteiger partial charge in [0.15, 0.2) is 0 Å². The first-order valence-electron chi connectivity index (χ1n) is 6.66. The minimum absolute atomic E-state index is 0. The van der Waals surface area contributed by atoms with Gasteiger partial charge >= 0.3 is 0 Å². The molecule has 2 aliphatic rings. The predicted molar refractivity (Wildman–Crippen MR) is 67.2 cm³/mol. The van der Waals surface area contributed by atoms with Crippen LogP contribution in [0.3, 0.4) is 0 Å². The fourth-order valence-electron chi connectivity index (χ4n) is 3.35. The van der Waals surface area contributed by atoms with Gasteiger partial charge in [-0.2, -0.15) is 0 Å². The first kappa shape index (κ1) is 11.4. The lowest BCUT2D eigenvalue weighted by Gasteiger charge is -2.37. The zero-order valence-corrected chi connectivity index (χ0v) is 10.4. The van der Waals surface area contributed by atoms with Gasteiger partial charge in [0.05, 0.1) is 0 Å². The summed E-state index contributed by atoms with van der Waals surface area (Å²) in [5.74, 6) is 0. The molecule has 0 aromatic rings. The van der Waals surface area contributed by atoms with Gasteiger partial charge in [0.1, 0.15) is 0 Å². The van der Waals surface area contributed by atoms with Crippen LogP contribution in [0, 0.1) is 5.41 Å². The van der Waals surface area contributed by atoms with Crippen molar-refractivity contribution in [3.63, 3.8) is 0 Å². The van der Waals surface area contributed by atoms with Crippen molar-refractivity contribution in [2.45, 2.75) is 51.5 Å². The standard InChI is InChI=1S/C13H26N2.H2/c1-3-9-14-12-4-6-13(7-5-12)8-10-15(2)11-13;/h12,14H,3-11H2,1-2H3;1H. The summed E-state index contributed by atoms with van der Waals surface area (Å²) >= 11 is 0. The number of hydrogen-bond donors (Lipinski definition) is 1. The van der Waals surface area contributed by atoms with Gasteiger partial charge in [0.2, 0.25) is 0 Å². The van der Waals surface area contributed by atoms with Gasteiger partial charge in [-0.3, -0.25) is 0 Å². The van der Waals surface area contributed by atoms with Crippen LogP contribution in [0.4, 0.5) is 0 Å². The molecule has 0 aromatic heterocycles. The molecule has 1 aliphatic carbocycles. The molecule has 0 aromatic carbocycles. The topological polar surface area (TPSA) is 15.3 Å². The summed E-state index contributed by atoms with van der Waals surface area (Å²) in [5.41, 5.74) is 0.707. The van der Waals surface area contributed by atoms with Crippen molar-refractivity contribution in [2.75, 3.05) is 26.7 Å². The van der Waals surface area contributed by atoms with Gasteiger partial charge < -0.3 is 10.2 Å². The highest BCUT2D eigenvalue weighted by Crippen LogP contribution is 2.43. The molecule has 2 nitrogen and oxygen atoms in total. The van der Waals surface area contributed by atoms with E-state index >= 15 is 0 Å². The summed E-state index contributed by atoms with van der Waals surface area (Å²) in [4.78, 5) is 2.51. The highest BCUT2D eigenvalue weighted by atomic mass is 15.1. The molecule has 0 bridgehead atoms. The Kier molecular flexibility index (Phi) is 3.68. The van der Waals surface area contributed by atoms with E-state index in [4.69, 9.17) is 0 Å². The van der Waals surface area contributed by atoms with Crippen molar-refractivity contribution in [1.29, 1.82) is 0 Å². The third kappa shape index (κ3) is 2.73. The number of nitrogens with zero attached hydrogens (tertiary/aromatic N) is 1. The van der Waals surface area contributed by atoms with Crippen LogP contribution in [0.15, 0.2) is 0 Å². The molecule has 2 rings (SSSR count). The Hall–Kier alpha value is -0.0800. The maximum absolute atomic E-state index is 3.68. The molecule has 90 valence electrons. The molecule has 1 saturated carbocycles. The predicted octanol–water partition coefficient (Wildman–Crippen LogP) is 2.50. The van der Waals surface area contributed by atoms with Gasteiger partial charge in [-0.15, -0.1) is 0 Å². The van der Waals surface area contributed by atoms with Crippen LogP contribution in [0.25, 0.3) is 0 Å². The molecule has 1 heterocycles. The Morgan fingerprint density at radius 1 is 1.33 bits per heavy atom. The van der Waals surface area contributed by atoms with E-state index < -0.39 is 0 Å². The van der Waals surface area contributed by atoms with Crippen molar-refractivity contribution >= 4 is 0 Å².